The number of hydrogen-bond donors (Lipinski definition) is 0. The van der Waals surface area contributed by atoms with Gasteiger partial charge in [-0.05, 0) is 31.2 Å². The SMILES string of the molecule is C[C@H](Sc1nnc(-c2ccccc2)n1-c1ccccc1)C(=O)N(C)c1ccccc1. The number of thioether (sulfide) groups is 1. The molecule has 0 aliphatic heterocycles. The summed E-state index contributed by atoms with van der Waals surface area (Å²) in [5.41, 5.74) is 2.80. The standard InChI is InChI=1S/C24H22N4OS/c1-18(23(29)27(2)20-14-8-4-9-15-20)30-24-26-25-22(19-12-6-3-7-13-19)28(24)21-16-10-5-11-17-21/h3-18H,1-2H3/t18-/m0/s1. The lowest BCUT2D eigenvalue weighted by atomic mass is 10.2. The number of aromatic nitrogens is 3. The normalized spacial score (nSPS) is 11.8. The van der Waals surface area contributed by atoms with E-state index in [1.54, 1.807) is 11.9 Å². The molecule has 1 heterocycles. The molecule has 0 bridgehead atoms. The van der Waals surface area contributed by atoms with Gasteiger partial charge in [-0.25, -0.2) is 0 Å². The minimum atomic E-state index is -0.328. The second-order valence-corrected chi connectivity index (χ2v) is 8.14. The Kier molecular flexibility index (Phi) is 5.95. The number of carbonyl (C=O) groups excluding carboxylic acids is 1. The largest absolute Gasteiger partial charge is 0.315 e. The van der Waals surface area contributed by atoms with Crippen LogP contribution in [-0.2, 0) is 4.79 Å². The van der Waals surface area contributed by atoms with Crippen molar-refractivity contribution in [3.05, 3.63) is 91.0 Å². The highest BCUT2D eigenvalue weighted by molar-refractivity contribution is 8.00. The molecule has 0 radical (unpaired) electrons. The average molecular weight is 415 g/mol. The first kappa shape index (κ1) is 19.9. The summed E-state index contributed by atoms with van der Waals surface area (Å²) in [5, 5.41) is 9.23. The molecule has 0 aliphatic carbocycles. The molecule has 3 aromatic carbocycles. The second-order valence-electron chi connectivity index (χ2n) is 6.84. The van der Waals surface area contributed by atoms with Gasteiger partial charge in [0.1, 0.15) is 0 Å². The van der Waals surface area contributed by atoms with Crippen molar-refractivity contribution >= 4 is 23.4 Å². The van der Waals surface area contributed by atoms with Gasteiger partial charge in [-0.3, -0.25) is 9.36 Å². The van der Waals surface area contributed by atoms with Gasteiger partial charge in [0.05, 0.1) is 5.25 Å². The van der Waals surface area contributed by atoms with Crippen molar-refractivity contribution in [3.63, 3.8) is 0 Å². The molecule has 30 heavy (non-hydrogen) atoms. The summed E-state index contributed by atoms with van der Waals surface area (Å²) in [6.07, 6.45) is 0. The maximum absolute atomic E-state index is 13.0. The fraction of sp³-hybridized carbons (Fsp3) is 0.125. The highest BCUT2D eigenvalue weighted by Gasteiger charge is 2.24. The summed E-state index contributed by atoms with van der Waals surface area (Å²) >= 11 is 1.41. The third-order valence-electron chi connectivity index (χ3n) is 4.78. The number of para-hydroxylation sites is 2. The summed E-state index contributed by atoms with van der Waals surface area (Å²) in [7, 11) is 1.80. The van der Waals surface area contributed by atoms with Crippen LogP contribution in [0.1, 0.15) is 6.92 Å². The molecule has 0 aliphatic rings. The van der Waals surface area contributed by atoms with Crippen LogP contribution in [0.2, 0.25) is 0 Å². The Labute approximate surface area is 180 Å². The molecule has 1 atom stereocenters. The highest BCUT2D eigenvalue weighted by atomic mass is 32.2. The quantitative estimate of drug-likeness (QED) is 0.413. The minimum absolute atomic E-state index is 0.00933. The molecule has 4 aromatic rings. The van der Waals surface area contributed by atoms with Gasteiger partial charge < -0.3 is 4.90 Å². The van der Waals surface area contributed by atoms with Gasteiger partial charge in [0.2, 0.25) is 5.91 Å². The minimum Gasteiger partial charge on any atom is -0.315 e. The molecule has 1 amide bonds. The summed E-state index contributed by atoms with van der Waals surface area (Å²) in [6.45, 7) is 1.90. The van der Waals surface area contributed by atoms with Crippen molar-refractivity contribution in [2.24, 2.45) is 0 Å². The van der Waals surface area contributed by atoms with Crippen LogP contribution in [0.4, 0.5) is 5.69 Å². The van der Waals surface area contributed by atoms with Crippen LogP contribution in [0.15, 0.2) is 96.2 Å². The van der Waals surface area contributed by atoms with Crippen LogP contribution in [0.5, 0.6) is 0 Å². The molecule has 4 rings (SSSR count). The Morgan fingerprint density at radius 3 is 2.07 bits per heavy atom. The summed E-state index contributed by atoms with van der Waals surface area (Å²) in [5.74, 6) is 0.760. The molecule has 0 unspecified atom stereocenters. The lowest BCUT2D eigenvalue weighted by Crippen LogP contribution is -2.33. The van der Waals surface area contributed by atoms with Gasteiger partial charge in [-0.1, -0.05) is 78.5 Å². The summed E-state index contributed by atoms with van der Waals surface area (Å²) < 4.78 is 2.01. The Hall–Kier alpha value is -3.38. The van der Waals surface area contributed by atoms with Crippen LogP contribution in [-0.4, -0.2) is 33.0 Å². The van der Waals surface area contributed by atoms with Crippen molar-refractivity contribution in [1.82, 2.24) is 14.8 Å². The van der Waals surface area contributed by atoms with Crippen molar-refractivity contribution in [2.75, 3.05) is 11.9 Å². The van der Waals surface area contributed by atoms with E-state index >= 15 is 0 Å². The number of anilines is 1. The van der Waals surface area contributed by atoms with E-state index in [-0.39, 0.29) is 11.2 Å². The van der Waals surface area contributed by atoms with Gasteiger partial charge in [0, 0.05) is 24.0 Å². The van der Waals surface area contributed by atoms with Gasteiger partial charge in [0.25, 0.3) is 0 Å². The van der Waals surface area contributed by atoms with E-state index in [2.05, 4.69) is 10.2 Å². The highest BCUT2D eigenvalue weighted by Crippen LogP contribution is 2.31. The van der Waals surface area contributed by atoms with Crippen LogP contribution in [0, 0.1) is 0 Å². The molecule has 5 nitrogen and oxygen atoms in total. The lowest BCUT2D eigenvalue weighted by Gasteiger charge is -2.21. The van der Waals surface area contributed by atoms with Crippen molar-refractivity contribution in [2.45, 2.75) is 17.3 Å². The number of benzene rings is 3. The molecule has 0 saturated heterocycles. The van der Waals surface area contributed by atoms with E-state index in [1.807, 2.05) is 102 Å². The fourth-order valence-corrected chi connectivity index (χ4v) is 4.15. The predicted molar refractivity (Wildman–Crippen MR) is 122 cm³/mol. The third-order valence-corrected chi connectivity index (χ3v) is 5.81. The number of rotatable bonds is 6. The van der Waals surface area contributed by atoms with E-state index in [1.165, 1.54) is 11.8 Å². The maximum atomic E-state index is 13.0. The Morgan fingerprint density at radius 2 is 1.43 bits per heavy atom. The zero-order valence-corrected chi connectivity index (χ0v) is 17.7. The van der Waals surface area contributed by atoms with Gasteiger partial charge in [-0.2, -0.15) is 0 Å². The van der Waals surface area contributed by atoms with Crippen LogP contribution < -0.4 is 4.90 Å². The Morgan fingerprint density at radius 1 is 0.867 bits per heavy atom. The number of hydrogen-bond acceptors (Lipinski definition) is 4. The first-order chi connectivity index (χ1) is 14.6. The van der Waals surface area contributed by atoms with Crippen LogP contribution in [0.25, 0.3) is 17.1 Å². The van der Waals surface area contributed by atoms with E-state index < -0.39 is 0 Å². The number of amides is 1. The van der Waals surface area contributed by atoms with Crippen LogP contribution in [0.3, 0.4) is 0 Å². The molecule has 150 valence electrons. The monoisotopic (exact) mass is 414 g/mol. The molecular weight excluding hydrogens is 392 g/mol. The third kappa shape index (κ3) is 4.14. The van der Waals surface area contributed by atoms with Gasteiger partial charge >= 0.3 is 0 Å². The smallest absolute Gasteiger partial charge is 0.240 e. The molecule has 0 saturated carbocycles. The van der Waals surface area contributed by atoms with E-state index in [9.17, 15) is 4.79 Å². The van der Waals surface area contributed by atoms with Crippen LogP contribution >= 0.6 is 11.8 Å². The second kappa shape index (κ2) is 8.97. The molecule has 0 spiro atoms. The Balaban J connectivity index is 1.66. The Bertz CT molecular complexity index is 1110. The predicted octanol–water partition coefficient (Wildman–Crippen LogP) is 5.08. The maximum Gasteiger partial charge on any atom is 0.240 e. The summed E-state index contributed by atoms with van der Waals surface area (Å²) in [6, 6.07) is 29.6. The first-order valence-electron chi connectivity index (χ1n) is 9.70. The van der Waals surface area contributed by atoms with E-state index in [4.69, 9.17) is 0 Å². The van der Waals surface area contributed by atoms with Crippen molar-refractivity contribution in [3.8, 4) is 17.1 Å². The number of carbonyl (C=O) groups is 1. The first-order valence-corrected chi connectivity index (χ1v) is 10.6. The molecule has 6 heteroatoms. The average Bonchev–Trinajstić information content (AvgIpc) is 3.23. The van der Waals surface area contributed by atoms with E-state index in [0.717, 1.165) is 22.8 Å². The molecular formula is C24H22N4OS. The number of nitrogens with zero attached hydrogens (tertiary/aromatic N) is 4. The van der Waals surface area contributed by atoms with Crippen molar-refractivity contribution < 1.29 is 4.79 Å². The van der Waals surface area contributed by atoms with Gasteiger partial charge in [-0.15, -0.1) is 10.2 Å². The molecule has 0 fully saturated rings. The topological polar surface area (TPSA) is 51.0 Å². The summed E-state index contributed by atoms with van der Waals surface area (Å²) in [4.78, 5) is 14.7. The van der Waals surface area contributed by atoms with Gasteiger partial charge in [0.15, 0.2) is 11.0 Å². The molecule has 1 aromatic heterocycles. The zero-order chi connectivity index (χ0) is 20.9. The lowest BCUT2D eigenvalue weighted by molar-refractivity contribution is -0.117. The van der Waals surface area contributed by atoms with Crippen molar-refractivity contribution in [1.29, 1.82) is 0 Å². The fourth-order valence-electron chi connectivity index (χ4n) is 3.19. The van der Waals surface area contributed by atoms with E-state index in [0.29, 0.717) is 5.16 Å². The zero-order valence-electron chi connectivity index (χ0n) is 16.8. The molecule has 0 N–H and O–H groups in total.